The van der Waals surface area contributed by atoms with Gasteiger partial charge in [0.05, 0.1) is 18.8 Å². The van der Waals surface area contributed by atoms with E-state index >= 15 is 0 Å². The van der Waals surface area contributed by atoms with Gasteiger partial charge in [-0.1, -0.05) is 66.2 Å². The molecule has 1 fully saturated rings. The second-order valence-corrected chi connectivity index (χ2v) is 7.94. The van der Waals surface area contributed by atoms with Crippen molar-refractivity contribution in [1.29, 1.82) is 0 Å². The molecule has 0 aromatic heterocycles. The SMILES string of the molecule is C=C(C)CC[C@H](O)[C@@H](OCc1ccccc1)C(=O)N1C(=O)O[C@@H](c2ccccc2)[C@H]1C. The summed E-state index contributed by atoms with van der Waals surface area (Å²) in [5, 5.41) is 10.8. The van der Waals surface area contributed by atoms with Crippen molar-refractivity contribution >= 4 is 12.0 Å². The van der Waals surface area contributed by atoms with Gasteiger partial charge < -0.3 is 14.6 Å². The molecule has 2 amide bonds. The second-order valence-electron chi connectivity index (χ2n) is 7.94. The van der Waals surface area contributed by atoms with Gasteiger partial charge in [-0.3, -0.25) is 4.79 Å². The molecule has 4 atom stereocenters. The molecule has 0 spiro atoms. The fourth-order valence-corrected chi connectivity index (χ4v) is 3.64. The van der Waals surface area contributed by atoms with Gasteiger partial charge in [0.1, 0.15) is 6.10 Å². The topological polar surface area (TPSA) is 76.1 Å². The van der Waals surface area contributed by atoms with Crippen LogP contribution in [0, 0.1) is 0 Å². The van der Waals surface area contributed by atoms with Gasteiger partial charge in [0, 0.05) is 0 Å². The third-order valence-electron chi connectivity index (χ3n) is 5.37. The van der Waals surface area contributed by atoms with Crippen molar-refractivity contribution < 1.29 is 24.2 Å². The molecular formula is C25H29NO5. The van der Waals surface area contributed by atoms with E-state index in [-0.39, 0.29) is 6.61 Å². The standard InChI is InChI=1S/C25H29NO5/c1-17(2)14-15-21(27)23(30-16-19-10-6-4-7-11-19)24(28)26-18(3)22(31-25(26)29)20-12-8-5-9-13-20/h4-13,18,21-23,27H,1,14-16H2,2-3H3/t18-,21+,22-,23-/m1/s1. The number of carbonyl (C=O) groups is 2. The number of ether oxygens (including phenoxy) is 2. The Balaban J connectivity index is 1.78. The van der Waals surface area contributed by atoms with Gasteiger partial charge in [0.15, 0.2) is 6.10 Å². The number of aliphatic hydroxyl groups excluding tert-OH is 1. The van der Waals surface area contributed by atoms with Crippen LogP contribution in [0.25, 0.3) is 0 Å². The zero-order chi connectivity index (χ0) is 22.4. The van der Waals surface area contributed by atoms with Gasteiger partial charge in [-0.05, 0) is 37.8 Å². The first-order valence-corrected chi connectivity index (χ1v) is 10.4. The molecule has 0 aliphatic carbocycles. The minimum atomic E-state index is -1.19. The highest BCUT2D eigenvalue weighted by Crippen LogP contribution is 2.33. The van der Waals surface area contributed by atoms with Gasteiger partial charge in [0.2, 0.25) is 0 Å². The van der Waals surface area contributed by atoms with Crippen LogP contribution >= 0.6 is 0 Å². The average Bonchev–Trinajstić information content (AvgIpc) is 3.07. The summed E-state index contributed by atoms with van der Waals surface area (Å²) in [4.78, 5) is 27.0. The van der Waals surface area contributed by atoms with Crippen LogP contribution in [0.4, 0.5) is 4.79 Å². The number of imide groups is 1. The number of hydrogen-bond donors (Lipinski definition) is 1. The molecule has 1 heterocycles. The van der Waals surface area contributed by atoms with Crippen molar-refractivity contribution in [3.8, 4) is 0 Å². The van der Waals surface area contributed by atoms with E-state index in [1.165, 1.54) is 0 Å². The van der Waals surface area contributed by atoms with Crippen LogP contribution in [0.2, 0.25) is 0 Å². The summed E-state index contributed by atoms with van der Waals surface area (Å²) >= 11 is 0. The Morgan fingerprint density at radius 1 is 1.16 bits per heavy atom. The molecule has 6 nitrogen and oxygen atoms in total. The monoisotopic (exact) mass is 423 g/mol. The molecule has 1 saturated heterocycles. The van der Waals surface area contributed by atoms with Crippen molar-refractivity contribution in [2.75, 3.05) is 0 Å². The lowest BCUT2D eigenvalue weighted by atomic mass is 10.0. The van der Waals surface area contributed by atoms with Gasteiger partial charge in [-0.15, -0.1) is 6.58 Å². The molecule has 0 unspecified atom stereocenters. The molecular weight excluding hydrogens is 394 g/mol. The summed E-state index contributed by atoms with van der Waals surface area (Å²) in [5.74, 6) is -0.596. The molecule has 31 heavy (non-hydrogen) atoms. The fourth-order valence-electron chi connectivity index (χ4n) is 3.64. The lowest BCUT2D eigenvalue weighted by molar-refractivity contribution is -0.151. The van der Waals surface area contributed by atoms with Crippen molar-refractivity contribution in [3.63, 3.8) is 0 Å². The maximum atomic E-state index is 13.4. The molecule has 0 radical (unpaired) electrons. The summed E-state index contributed by atoms with van der Waals surface area (Å²) < 4.78 is 11.4. The summed E-state index contributed by atoms with van der Waals surface area (Å²) in [6.07, 6.45) is -2.72. The highest BCUT2D eigenvalue weighted by molar-refractivity contribution is 5.96. The van der Waals surface area contributed by atoms with Crippen molar-refractivity contribution in [2.24, 2.45) is 0 Å². The summed E-state index contributed by atoms with van der Waals surface area (Å²) in [5.41, 5.74) is 2.57. The smallest absolute Gasteiger partial charge is 0.417 e. The minimum Gasteiger partial charge on any atom is -0.439 e. The van der Waals surface area contributed by atoms with E-state index in [0.717, 1.165) is 21.6 Å². The van der Waals surface area contributed by atoms with E-state index in [1.807, 2.05) is 67.6 Å². The van der Waals surface area contributed by atoms with E-state index in [9.17, 15) is 14.7 Å². The number of hydrogen-bond acceptors (Lipinski definition) is 5. The van der Waals surface area contributed by atoms with Crippen molar-refractivity contribution in [3.05, 3.63) is 83.9 Å². The van der Waals surface area contributed by atoms with Crippen LogP contribution in [0.5, 0.6) is 0 Å². The zero-order valence-electron chi connectivity index (χ0n) is 17.9. The van der Waals surface area contributed by atoms with E-state index < -0.39 is 36.4 Å². The van der Waals surface area contributed by atoms with E-state index in [1.54, 1.807) is 6.92 Å². The maximum Gasteiger partial charge on any atom is 0.417 e. The Morgan fingerprint density at radius 2 is 1.77 bits per heavy atom. The predicted octanol–water partition coefficient (Wildman–Crippen LogP) is 4.40. The first-order valence-electron chi connectivity index (χ1n) is 10.4. The first kappa shape index (κ1) is 22.7. The summed E-state index contributed by atoms with van der Waals surface area (Å²) in [6, 6.07) is 18.1. The molecule has 6 heteroatoms. The lowest BCUT2D eigenvalue weighted by Crippen LogP contribution is -2.49. The number of amides is 2. The molecule has 1 aliphatic heterocycles. The van der Waals surface area contributed by atoms with Gasteiger partial charge >= 0.3 is 6.09 Å². The summed E-state index contributed by atoms with van der Waals surface area (Å²) in [6.45, 7) is 7.61. The fraction of sp³-hybridized carbons (Fsp3) is 0.360. The molecule has 1 aliphatic rings. The molecule has 2 aromatic carbocycles. The molecule has 1 N–H and O–H groups in total. The highest BCUT2D eigenvalue weighted by Gasteiger charge is 2.46. The van der Waals surface area contributed by atoms with Crippen LogP contribution < -0.4 is 0 Å². The summed E-state index contributed by atoms with van der Waals surface area (Å²) in [7, 11) is 0. The number of carbonyl (C=O) groups excluding carboxylic acids is 2. The average molecular weight is 424 g/mol. The number of cyclic esters (lactones) is 1. The molecule has 2 aromatic rings. The third-order valence-corrected chi connectivity index (χ3v) is 5.37. The quantitative estimate of drug-likeness (QED) is 0.605. The predicted molar refractivity (Wildman–Crippen MR) is 117 cm³/mol. The van der Waals surface area contributed by atoms with Crippen LogP contribution in [0.15, 0.2) is 72.8 Å². The van der Waals surface area contributed by atoms with Crippen LogP contribution in [-0.4, -0.2) is 40.3 Å². The maximum absolute atomic E-state index is 13.4. The van der Waals surface area contributed by atoms with Crippen LogP contribution in [0.1, 0.15) is 43.9 Å². The largest absolute Gasteiger partial charge is 0.439 e. The number of rotatable bonds is 9. The van der Waals surface area contributed by atoms with Gasteiger partial charge in [0.25, 0.3) is 5.91 Å². The Kier molecular flexibility index (Phi) is 7.60. The lowest BCUT2D eigenvalue weighted by Gasteiger charge is -2.27. The number of allylic oxidation sites excluding steroid dienone is 1. The highest BCUT2D eigenvalue weighted by atomic mass is 16.6. The number of aliphatic hydroxyl groups is 1. The van der Waals surface area contributed by atoms with Crippen LogP contribution in [-0.2, 0) is 20.9 Å². The van der Waals surface area contributed by atoms with E-state index in [4.69, 9.17) is 9.47 Å². The third kappa shape index (κ3) is 5.60. The van der Waals surface area contributed by atoms with Crippen LogP contribution in [0.3, 0.4) is 0 Å². The molecule has 3 rings (SSSR count). The first-order chi connectivity index (χ1) is 14.9. The van der Waals surface area contributed by atoms with Gasteiger partial charge in [-0.25, -0.2) is 9.69 Å². The Bertz CT molecular complexity index is 899. The molecule has 0 bridgehead atoms. The van der Waals surface area contributed by atoms with Gasteiger partial charge in [-0.2, -0.15) is 0 Å². The normalized spacial score (nSPS) is 20.2. The Hall–Kier alpha value is -2.96. The number of benzene rings is 2. The minimum absolute atomic E-state index is 0.140. The molecule has 0 saturated carbocycles. The second kappa shape index (κ2) is 10.4. The Morgan fingerprint density at radius 3 is 2.39 bits per heavy atom. The Labute approximate surface area is 183 Å². The van der Waals surface area contributed by atoms with E-state index in [2.05, 4.69) is 6.58 Å². The zero-order valence-corrected chi connectivity index (χ0v) is 17.9. The number of nitrogens with zero attached hydrogens (tertiary/aromatic N) is 1. The van der Waals surface area contributed by atoms with E-state index in [0.29, 0.717) is 12.8 Å². The molecule has 164 valence electrons. The van der Waals surface area contributed by atoms with Crippen molar-refractivity contribution in [1.82, 2.24) is 4.90 Å². The van der Waals surface area contributed by atoms with Crippen molar-refractivity contribution in [2.45, 2.75) is 57.6 Å².